The van der Waals surface area contributed by atoms with E-state index in [1.165, 1.54) is 10.6 Å². The number of amides is 1. The molecule has 7 heteroatoms. The number of nitrogens with one attached hydrogen (secondary N) is 2. The molecule has 0 unspecified atom stereocenters. The zero-order valence-electron chi connectivity index (χ0n) is 15.7. The minimum atomic E-state index is -0.726. The molecule has 1 aliphatic heterocycles. The Hall–Kier alpha value is -2.25. The minimum Gasteiger partial charge on any atom is -0.481 e. The molecule has 4 rings (SSSR count). The molecule has 3 N–H and O–H groups in total. The number of carboxylic acids is 1. The van der Waals surface area contributed by atoms with Crippen molar-refractivity contribution in [2.45, 2.75) is 44.6 Å². The van der Waals surface area contributed by atoms with E-state index in [1.807, 2.05) is 24.3 Å². The van der Waals surface area contributed by atoms with Crippen molar-refractivity contribution in [1.29, 1.82) is 0 Å². The second-order valence-corrected chi connectivity index (χ2v) is 8.66. The van der Waals surface area contributed by atoms with E-state index < -0.39 is 5.97 Å². The molecule has 2 heterocycles. The van der Waals surface area contributed by atoms with Crippen LogP contribution in [0.15, 0.2) is 24.3 Å². The van der Waals surface area contributed by atoms with E-state index in [2.05, 4.69) is 10.6 Å². The lowest BCUT2D eigenvalue weighted by atomic mass is 9.86. The zero-order valence-corrected chi connectivity index (χ0v) is 16.6. The molecule has 0 saturated heterocycles. The van der Waals surface area contributed by atoms with Crippen LogP contribution in [-0.2, 0) is 17.6 Å². The molecule has 0 bridgehead atoms. The maximum atomic E-state index is 12.5. The van der Waals surface area contributed by atoms with Gasteiger partial charge in [-0.15, -0.1) is 11.3 Å². The van der Waals surface area contributed by atoms with Crippen LogP contribution in [-0.4, -0.2) is 41.1 Å². The monoisotopic (exact) mass is 399 g/mol. The Bertz CT molecular complexity index is 831. The Morgan fingerprint density at radius 1 is 1.07 bits per heavy atom. The molecule has 0 spiro atoms. The van der Waals surface area contributed by atoms with Gasteiger partial charge in [0.25, 0.3) is 5.91 Å². The van der Waals surface area contributed by atoms with Crippen molar-refractivity contribution in [2.24, 2.45) is 5.92 Å². The molecule has 148 valence electrons. The fourth-order valence-corrected chi connectivity index (χ4v) is 5.06. The number of thiazole rings is 1. The van der Waals surface area contributed by atoms with Gasteiger partial charge in [-0.3, -0.25) is 9.59 Å². The summed E-state index contributed by atoms with van der Waals surface area (Å²) in [5, 5.41) is 16.5. The van der Waals surface area contributed by atoms with Crippen molar-refractivity contribution in [3.05, 3.63) is 40.4 Å². The van der Waals surface area contributed by atoms with Crippen LogP contribution in [0.5, 0.6) is 0 Å². The summed E-state index contributed by atoms with van der Waals surface area (Å²) >= 11 is 1.75. The first-order chi connectivity index (χ1) is 13.6. The highest BCUT2D eigenvalue weighted by Gasteiger charge is 2.27. The van der Waals surface area contributed by atoms with Crippen molar-refractivity contribution in [1.82, 2.24) is 15.6 Å². The summed E-state index contributed by atoms with van der Waals surface area (Å²) in [5.74, 6) is -1.08. The van der Waals surface area contributed by atoms with Crippen molar-refractivity contribution >= 4 is 23.2 Å². The molecule has 2 aliphatic rings. The SMILES string of the molecule is O=C(N[C@H]1CC[C@H](C(=O)O)CC1)c1ccc(-c2nc3c(s2)CCNCC3)cc1. The van der Waals surface area contributed by atoms with Crippen molar-refractivity contribution in [3.8, 4) is 10.6 Å². The first-order valence-corrected chi connectivity index (χ1v) is 10.7. The molecule has 0 radical (unpaired) electrons. The van der Waals surface area contributed by atoms with E-state index in [0.717, 1.165) is 49.3 Å². The molecular weight excluding hydrogens is 374 g/mol. The molecule has 1 aliphatic carbocycles. The van der Waals surface area contributed by atoms with E-state index >= 15 is 0 Å². The number of rotatable bonds is 4. The molecule has 1 fully saturated rings. The summed E-state index contributed by atoms with van der Waals surface area (Å²) in [6, 6.07) is 7.69. The quantitative estimate of drug-likeness (QED) is 0.735. The Morgan fingerprint density at radius 2 is 1.79 bits per heavy atom. The van der Waals surface area contributed by atoms with Gasteiger partial charge in [0.2, 0.25) is 0 Å². The number of aromatic nitrogens is 1. The van der Waals surface area contributed by atoms with Gasteiger partial charge in [0.1, 0.15) is 5.01 Å². The van der Waals surface area contributed by atoms with E-state index in [-0.39, 0.29) is 17.9 Å². The number of hydrogen-bond acceptors (Lipinski definition) is 5. The van der Waals surface area contributed by atoms with Crippen molar-refractivity contribution in [2.75, 3.05) is 13.1 Å². The number of carbonyl (C=O) groups excluding carboxylic acids is 1. The number of hydrogen-bond donors (Lipinski definition) is 3. The number of carboxylic acid groups (broad SMARTS) is 1. The predicted octanol–water partition coefficient (Wildman–Crippen LogP) is 2.87. The van der Waals surface area contributed by atoms with E-state index in [1.54, 1.807) is 11.3 Å². The van der Waals surface area contributed by atoms with Crippen LogP contribution >= 0.6 is 11.3 Å². The van der Waals surface area contributed by atoms with E-state index in [0.29, 0.717) is 18.4 Å². The number of carbonyl (C=O) groups is 2. The predicted molar refractivity (Wildman–Crippen MR) is 109 cm³/mol. The Kier molecular flexibility index (Phi) is 5.73. The lowest BCUT2D eigenvalue weighted by Crippen LogP contribution is -2.38. The average Bonchev–Trinajstić information content (AvgIpc) is 2.99. The lowest BCUT2D eigenvalue weighted by molar-refractivity contribution is -0.142. The third kappa shape index (κ3) is 4.25. The molecule has 1 saturated carbocycles. The summed E-state index contributed by atoms with van der Waals surface area (Å²) in [5.41, 5.74) is 2.87. The Labute approximate surface area is 168 Å². The summed E-state index contributed by atoms with van der Waals surface area (Å²) in [6.07, 6.45) is 4.70. The summed E-state index contributed by atoms with van der Waals surface area (Å²) < 4.78 is 0. The smallest absolute Gasteiger partial charge is 0.306 e. The molecular formula is C21H25N3O3S. The maximum Gasteiger partial charge on any atom is 0.306 e. The largest absolute Gasteiger partial charge is 0.481 e. The molecule has 2 aromatic rings. The molecule has 1 aromatic carbocycles. The van der Waals surface area contributed by atoms with E-state index in [4.69, 9.17) is 10.1 Å². The van der Waals surface area contributed by atoms with Crippen LogP contribution in [0.25, 0.3) is 10.6 Å². The van der Waals surface area contributed by atoms with Gasteiger partial charge in [-0.2, -0.15) is 0 Å². The van der Waals surface area contributed by atoms with Crippen LogP contribution in [0.4, 0.5) is 0 Å². The average molecular weight is 400 g/mol. The summed E-state index contributed by atoms with van der Waals surface area (Å²) in [7, 11) is 0. The maximum absolute atomic E-state index is 12.5. The topological polar surface area (TPSA) is 91.3 Å². The van der Waals surface area contributed by atoms with Crippen LogP contribution in [0.2, 0.25) is 0 Å². The summed E-state index contributed by atoms with van der Waals surface area (Å²) in [6.45, 7) is 1.98. The van der Waals surface area contributed by atoms with Gasteiger partial charge in [0, 0.05) is 41.6 Å². The molecule has 28 heavy (non-hydrogen) atoms. The van der Waals surface area contributed by atoms with Gasteiger partial charge in [0.15, 0.2) is 0 Å². The highest BCUT2D eigenvalue weighted by molar-refractivity contribution is 7.15. The normalized spacial score (nSPS) is 22.1. The summed E-state index contributed by atoms with van der Waals surface area (Å²) in [4.78, 5) is 29.7. The van der Waals surface area contributed by atoms with Crippen LogP contribution < -0.4 is 10.6 Å². The number of aliphatic carboxylic acids is 1. The van der Waals surface area contributed by atoms with Gasteiger partial charge in [-0.1, -0.05) is 12.1 Å². The zero-order chi connectivity index (χ0) is 19.5. The molecule has 1 amide bonds. The molecule has 0 atom stereocenters. The number of benzene rings is 1. The minimum absolute atomic E-state index is 0.0611. The van der Waals surface area contributed by atoms with Gasteiger partial charge >= 0.3 is 5.97 Å². The van der Waals surface area contributed by atoms with Gasteiger partial charge in [-0.25, -0.2) is 4.98 Å². The second kappa shape index (κ2) is 8.41. The van der Waals surface area contributed by atoms with Gasteiger partial charge in [0.05, 0.1) is 11.6 Å². The van der Waals surface area contributed by atoms with Gasteiger partial charge < -0.3 is 15.7 Å². The number of fused-ring (bicyclic) bond motifs is 1. The second-order valence-electron chi connectivity index (χ2n) is 7.58. The Balaban J connectivity index is 1.38. The fraction of sp³-hybridized carbons (Fsp3) is 0.476. The number of nitrogens with zero attached hydrogens (tertiary/aromatic N) is 1. The fourth-order valence-electron chi connectivity index (χ4n) is 3.95. The van der Waals surface area contributed by atoms with Crippen molar-refractivity contribution < 1.29 is 14.7 Å². The van der Waals surface area contributed by atoms with Crippen LogP contribution in [0.1, 0.15) is 46.6 Å². The van der Waals surface area contributed by atoms with Gasteiger partial charge in [-0.05, 0) is 44.2 Å². The third-order valence-electron chi connectivity index (χ3n) is 5.65. The third-order valence-corrected chi connectivity index (χ3v) is 6.86. The Morgan fingerprint density at radius 3 is 2.50 bits per heavy atom. The first-order valence-electron chi connectivity index (χ1n) is 9.93. The highest BCUT2D eigenvalue weighted by Crippen LogP contribution is 2.30. The van der Waals surface area contributed by atoms with Crippen LogP contribution in [0, 0.1) is 5.92 Å². The lowest BCUT2D eigenvalue weighted by Gasteiger charge is -2.26. The highest BCUT2D eigenvalue weighted by atomic mass is 32.1. The molecule has 6 nitrogen and oxygen atoms in total. The first kappa shape index (κ1) is 19.1. The van der Waals surface area contributed by atoms with E-state index in [9.17, 15) is 9.59 Å². The standard InChI is InChI=1S/C21H25N3O3S/c25-19(23-16-7-5-15(6-8-16)21(26)27)13-1-3-14(4-2-13)20-24-17-9-11-22-12-10-18(17)28-20/h1-4,15-16,22H,5-12H2,(H,23,25)(H,26,27)/t15-,16-. The molecule has 1 aromatic heterocycles. The van der Waals surface area contributed by atoms with Crippen LogP contribution in [0.3, 0.4) is 0 Å². The van der Waals surface area contributed by atoms with Crippen molar-refractivity contribution in [3.63, 3.8) is 0 Å².